The van der Waals surface area contributed by atoms with Gasteiger partial charge in [-0.3, -0.25) is 19.7 Å². The summed E-state index contributed by atoms with van der Waals surface area (Å²) >= 11 is 0. The fraction of sp³-hybridized carbons (Fsp3) is 0.615. The SMILES string of the molecule is CN(C)C(=O)c1cc2n(n1)CCCN(c1nc(OC[C@@]34CCCN3C[C@H](F)C4)nc3c1COC1(CCCc4cc(F)c(NC(=O)OC(C)(C)C)cc41)C3)C2. The van der Waals surface area contributed by atoms with Crippen molar-refractivity contribution >= 4 is 23.5 Å². The molecule has 0 radical (unpaired) electrons. The molecular formula is C39H50F2N8O5. The van der Waals surface area contributed by atoms with Gasteiger partial charge in [0.05, 0.1) is 41.4 Å². The number of aromatic nitrogens is 4. The molecule has 1 unspecified atom stereocenters. The third-order valence-corrected chi connectivity index (χ3v) is 11.5. The van der Waals surface area contributed by atoms with Crippen LogP contribution in [0, 0.1) is 5.82 Å². The van der Waals surface area contributed by atoms with Crippen molar-refractivity contribution in [2.45, 2.75) is 115 Å². The van der Waals surface area contributed by atoms with Crippen molar-refractivity contribution in [1.29, 1.82) is 0 Å². The van der Waals surface area contributed by atoms with Crippen LogP contribution in [0.1, 0.15) is 97.9 Å². The van der Waals surface area contributed by atoms with Gasteiger partial charge in [-0.2, -0.15) is 15.1 Å². The van der Waals surface area contributed by atoms with Crippen LogP contribution in [0.2, 0.25) is 0 Å². The smallest absolute Gasteiger partial charge is 0.412 e. The highest BCUT2D eigenvalue weighted by molar-refractivity contribution is 5.92. The molecule has 54 heavy (non-hydrogen) atoms. The predicted molar refractivity (Wildman–Crippen MR) is 196 cm³/mol. The van der Waals surface area contributed by atoms with Crippen molar-refractivity contribution in [3.05, 3.63) is 57.8 Å². The summed E-state index contributed by atoms with van der Waals surface area (Å²) < 4.78 is 50.8. The molecule has 1 N–H and O–H groups in total. The first-order valence-corrected chi connectivity index (χ1v) is 19.1. The summed E-state index contributed by atoms with van der Waals surface area (Å²) in [7, 11) is 3.42. The first-order chi connectivity index (χ1) is 25.7. The number of fused-ring (bicyclic) bond motifs is 5. The third kappa shape index (κ3) is 6.89. The average Bonchev–Trinajstić information content (AvgIpc) is 3.73. The Morgan fingerprint density at radius 1 is 1.09 bits per heavy atom. The van der Waals surface area contributed by atoms with Crippen LogP contribution in [0.25, 0.3) is 0 Å². The molecular weight excluding hydrogens is 698 g/mol. The molecule has 1 aromatic carbocycles. The minimum Gasteiger partial charge on any atom is -0.461 e. The van der Waals surface area contributed by atoms with Crippen molar-refractivity contribution in [1.82, 2.24) is 29.5 Å². The highest BCUT2D eigenvalue weighted by atomic mass is 19.1. The molecule has 3 aromatic rings. The molecule has 2 fully saturated rings. The van der Waals surface area contributed by atoms with Crippen molar-refractivity contribution in [2.75, 3.05) is 50.6 Å². The zero-order valence-corrected chi connectivity index (χ0v) is 31.8. The first kappa shape index (κ1) is 36.6. The van der Waals surface area contributed by atoms with Crippen LogP contribution in [-0.2, 0) is 47.6 Å². The zero-order valence-electron chi connectivity index (χ0n) is 31.8. The van der Waals surface area contributed by atoms with Crippen molar-refractivity contribution in [3.63, 3.8) is 0 Å². The predicted octanol–water partition coefficient (Wildman–Crippen LogP) is 5.53. The van der Waals surface area contributed by atoms with Gasteiger partial charge in [0.25, 0.3) is 5.91 Å². The van der Waals surface area contributed by atoms with Gasteiger partial charge in [-0.05, 0) is 95.2 Å². The van der Waals surface area contributed by atoms with Gasteiger partial charge in [0, 0.05) is 52.1 Å². The lowest BCUT2D eigenvalue weighted by Crippen LogP contribution is -2.44. The summed E-state index contributed by atoms with van der Waals surface area (Å²) in [5.74, 6) is 0.000490. The molecule has 2 saturated heterocycles. The maximum atomic E-state index is 15.4. The van der Waals surface area contributed by atoms with E-state index in [1.807, 2.05) is 10.7 Å². The first-order valence-electron chi connectivity index (χ1n) is 19.1. The Morgan fingerprint density at radius 3 is 2.72 bits per heavy atom. The second-order valence-electron chi connectivity index (χ2n) is 16.8. The number of aryl methyl sites for hydroxylation is 2. The average molecular weight is 749 g/mol. The largest absolute Gasteiger partial charge is 0.461 e. The molecule has 2 aromatic heterocycles. The molecule has 1 spiro atoms. The topological polar surface area (TPSA) is 127 Å². The molecule has 13 nitrogen and oxygen atoms in total. The Balaban J connectivity index is 1.15. The molecule has 6 heterocycles. The van der Waals surface area contributed by atoms with E-state index in [9.17, 15) is 14.0 Å². The Kier molecular flexibility index (Phi) is 9.31. The van der Waals surface area contributed by atoms with E-state index in [4.69, 9.17) is 24.2 Å². The lowest BCUT2D eigenvalue weighted by atomic mass is 9.74. The number of ether oxygens (including phenoxy) is 3. The van der Waals surface area contributed by atoms with E-state index in [2.05, 4.69) is 20.2 Å². The van der Waals surface area contributed by atoms with E-state index < -0.39 is 29.3 Å². The summed E-state index contributed by atoms with van der Waals surface area (Å²) in [5.41, 5.74) is 2.63. The van der Waals surface area contributed by atoms with Gasteiger partial charge in [0.1, 0.15) is 30.0 Å². The molecule has 0 bridgehead atoms. The van der Waals surface area contributed by atoms with Crippen molar-refractivity contribution < 1.29 is 32.6 Å². The summed E-state index contributed by atoms with van der Waals surface area (Å²) in [4.78, 5) is 41.5. The van der Waals surface area contributed by atoms with E-state index in [-0.39, 0.29) is 36.4 Å². The molecule has 8 rings (SSSR count). The highest BCUT2D eigenvalue weighted by Gasteiger charge is 2.50. The number of anilines is 2. The van der Waals surface area contributed by atoms with E-state index in [0.717, 1.165) is 60.3 Å². The quantitative estimate of drug-likeness (QED) is 0.344. The molecule has 1 aliphatic carbocycles. The molecule has 3 atom stereocenters. The number of halogens is 2. The highest BCUT2D eigenvalue weighted by Crippen LogP contribution is 2.48. The van der Waals surface area contributed by atoms with Crippen LogP contribution >= 0.6 is 0 Å². The fourth-order valence-corrected chi connectivity index (χ4v) is 9.06. The number of benzene rings is 1. The normalized spacial score (nSPS) is 25.0. The van der Waals surface area contributed by atoms with Gasteiger partial charge >= 0.3 is 12.1 Å². The Bertz CT molecular complexity index is 1970. The van der Waals surface area contributed by atoms with Crippen LogP contribution < -0.4 is 15.0 Å². The number of hydrogen-bond acceptors (Lipinski definition) is 10. The number of nitrogens with zero attached hydrogens (tertiary/aromatic N) is 7. The van der Waals surface area contributed by atoms with Crippen LogP contribution in [0.5, 0.6) is 6.01 Å². The number of rotatable bonds is 6. The fourth-order valence-electron chi connectivity index (χ4n) is 9.06. The summed E-state index contributed by atoms with van der Waals surface area (Å²) in [6.45, 7) is 8.82. The second-order valence-corrected chi connectivity index (χ2v) is 16.8. The molecule has 290 valence electrons. The number of nitrogens with one attached hydrogen (secondary N) is 1. The van der Waals surface area contributed by atoms with Gasteiger partial charge in [0.2, 0.25) is 0 Å². The maximum absolute atomic E-state index is 15.4. The number of amides is 2. The minimum atomic E-state index is -0.886. The van der Waals surface area contributed by atoms with E-state index in [0.29, 0.717) is 63.4 Å². The van der Waals surface area contributed by atoms with Gasteiger partial charge in [-0.1, -0.05) is 0 Å². The molecule has 5 aliphatic rings. The molecule has 4 aliphatic heterocycles. The Morgan fingerprint density at radius 2 is 1.93 bits per heavy atom. The second kappa shape index (κ2) is 13.7. The van der Waals surface area contributed by atoms with E-state index >= 15 is 4.39 Å². The number of alkyl halides is 1. The third-order valence-electron chi connectivity index (χ3n) is 11.5. The number of hydrogen-bond donors (Lipinski definition) is 1. The monoisotopic (exact) mass is 748 g/mol. The summed E-state index contributed by atoms with van der Waals surface area (Å²) in [5, 5.41) is 7.23. The van der Waals surface area contributed by atoms with Gasteiger partial charge in [0.15, 0.2) is 5.69 Å². The minimum absolute atomic E-state index is 0.0301. The van der Waals surface area contributed by atoms with Gasteiger partial charge in [-0.15, -0.1) is 0 Å². The van der Waals surface area contributed by atoms with Crippen LogP contribution in [-0.4, -0.2) is 99.2 Å². The number of carbonyl (C=O) groups is 2. The lowest BCUT2D eigenvalue weighted by molar-refractivity contribution is -0.0856. The maximum Gasteiger partial charge on any atom is 0.412 e. The van der Waals surface area contributed by atoms with Crippen LogP contribution in [0.15, 0.2) is 18.2 Å². The van der Waals surface area contributed by atoms with Crippen molar-refractivity contribution in [3.8, 4) is 6.01 Å². The lowest BCUT2D eigenvalue weighted by Gasteiger charge is -2.43. The Hall–Kier alpha value is -4.37. The van der Waals surface area contributed by atoms with Crippen LogP contribution in [0.4, 0.5) is 25.1 Å². The zero-order chi connectivity index (χ0) is 38.0. The van der Waals surface area contributed by atoms with Gasteiger partial charge < -0.3 is 24.0 Å². The van der Waals surface area contributed by atoms with E-state index in [1.54, 1.807) is 40.9 Å². The molecule has 0 saturated carbocycles. The Labute approximate surface area is 314 Å². The number of carbonyl (C=O) groups excluding carboxylic acids is 2. The van der Waals surface area contributed by atoms with Crippen molar-refractivity contribution in [2.24, 2.45) is 0 Å². The van der Waals surface area contributed by atoms with Crippen LogP contribution in [0.3, 0.4) is 0 Å². The molecule has 15 heteroatoms. The van der Waals surface area contributed by atoms with Gasteiger partial charge in [-0.25, -0.2) is 13.6 Å². The van der Waals surface area contributed by atoms with E-state index in [1.165, 1.54) is 11.0 Å². The molecule has 2 amide bonds. The summed E-state index contributed by atoms with van der Waals surface area (Å²) in [6.07, 6.45) is 3.95. The standard InChI is InChI=1S/C39H50F2N8O5/c1-37(2,3)54-36(51)43-30-17-28-24(15-29(30)41)9-6-11-39(28)19-32-27(22-53-39)33(44-35(42-32)52-23-38-10-7-13-48(38)20-25(40)18-38)47-12-8-14-49-26(21-47)16-31(45-49)34(50)46(4)5/h15-17,25H,6-14,18-23H2,1-5H3,(H,43,51)/t25-,38+,39?/m1/s1. The summed E-state index contributed by atoms with van der Waals surface area (Å²) in [6, 6.07) is 5.25.